The highest BCUT2D eigenvalue weighted by molar-refractivity contribution is 6.32. The second kappa shape index (κ2) is 7.96. The van der Waals surface area contributed by atoms with Gasteiger partial charge in [-0.15, -0.1) is 0 Å². The molecule has 2 heteroatoms. The van der Waals surface area contributed by atoms with Crippen molar-refractivity contribution in [3.05, 3.63) is 64.7 Å². The predicted octanol–water partition coefficient (Wildman–Crippen LogP) is 5.30. The fourth-order valence-electron chi connectivity index (χ4n) is 2.31. The monoisotopic (exact) mass is 288 g/mol. The van der Waals surface area contributed by atoms with Crippen LogP contribution in [0.25, 0.3) is 0 Å². The first kappa shape index (κ1) is 14.9. The van der Waals surface area contributed by atoms with Crippen molar-refractivity contribution in [2.24, 2.45) is 0 Å². The topological polar surface area (TPSA) is 9.23 Å². The lowest BCUT2D eigenvalue weighted by molar-refractivity contribution is 0.307. The fourth-order valence-corrected chi connectivity index (χ4v) is 2.50. The lowest BCUT2D eigenvalue weighted by atomic mass is 10.0. The van der Waals surface area contributed by atoms with Crippen LogP contribution < -0.4 is 4.74 Å². The van der Waals surface area contributed by atoms with Gasteiger partial charge in [0.05, 0.1) is 11.6 Å². The highest BCUT2D eigenvalue weighted by Crippen LogP contribution is 2.23. The third-order valence-corrected chi connectivity index (χ3v) is 3.75. The summed E-state index contributed by atoms with van der Waals surface area (Å²) in [7, 11) is 0. The maximum atomic E-state index is 6.05. The van der Waals surface area contributed by atoms with E-state index in [1.54, 1.807) is 0 Å². The molecule has 2 aromatic carbocycles. The van der Waals surface area contributed by atoms with Crippen LogP contribution in [0.2, 0.25) is 5.02 Å². The van der Waals surface area contributed by atoms with E-state index in [4.69, 9.17) is 16.3 Å². The molecule has 106 valence electrons. The number of unbranched alkanes of at least 4 members (excludes halogenated alkanes) is 1. The molecule has 20 heavy (non-hydrogen) atoms. The maximum absolute atomic E-state index is 6.05. The molecule has 0 aliphatic heterocycles. The van der Waals surface area contributed by atoms with Crippen molar-refractivity contribution >= 4 is 11.6 Å². The third-order valence-electron chi connectivity index (χ3n) is 3.43. The Morgan fingerprint density at radius 2 is 1.60 bits per heavy atom. The van der Waals surface area contributed by atoms with Crippen LogP contribution in [-0.4, -0.2) is 6.61 Å². The Morgan fingerprint density at radius 1 is 0.900 bits per heavy atom. The zero-order valence-electron chi connectivity index (χ0n) is 11.9. The number of hydrogen-bond donors (Lipinski definition) is 0. The molecular formula is C18H21ClO. The number of rotatable bonds is 7. The number of hydrogen-bond acceptors (Lipinski definition) is 1. The molecule has 0 radical (unpaired) electrons. The number of benzene rings is 2. The Labute approximate surface area is 126 Å². The third kappa shape index (κ3) is 4.28. The van der Waals surface area contributed by atoms with Gasteiger partial charge in [-0.25, -0.2) is 0 Å². The van der Waals surface area contributed by atoms with Gasteiger partial charge < -0.3 is 4.74 Å². The molecule has 2 rings (SSSR count). The average Bonchev–Trinajstić information content (AvgIpc) is 2.49. The summed E-state index contributed by atoms with van der Waals surface area (Å²) in [6, 6.07) is 16.3. The van der Waals surface area contributed by atoms with Gasteiger partial charge in [0.15, 0.2) is 0 Å². The van der Waals surface area contributed by atoms with Crippen molar-refractivity contribution in [2.75, 3.05) is 6.61 Å². The van der Waals surface area contributed by atoms with Gasteiger partial charge in [-0.2, -0.15) is 0 Å². The molecule has 0 heterocycles. The standard InChI is InChI=1S/C18H21ClO/c1-2-15-9-3-4-10-16(15)11-7-8-14-20-18-13-6-5-12-17(18)19/h3-6,9-10,12-13H,2,7-8,11,14H2,1H3. The number of halogens is 1. The molecule has 0 saturated heterocycles. The van der Waals surface area contributed by atoms with Crippen molar-refractivity contribution in [1.82, 2.24) is 0 Å². The van der Waals surface area contributed by atoms with Crippen LogP contribution in [0.4, 0.5) is 0 Å². The summed E-state index contributed by atoms with van der Waals surface area (Å²) < 4.78 is 5.70. The minimum absolute atomic E-state index is 0.684. The van der Waals surface area contributed by atoms with E-state index in [9.17, 15) is 0 Å². The van der Waals surface area contributed by atoms with Crippen LogP contribution >= 0.6 is 11.6 Å². The van der Waals surface area contributed by atoms with Gasteiger partial charge >= 0.3 is 0 Å². The molecule has 0 aliphatic rings. The van der Waals surface area contributed by atoms with E-state index in [2.05, 4.69) is 31.2 Å². The quantitative estimate of drug-likeness (QED) is 0.628. The van der Waals surface area contributed by atoms with E-state index in [0.717, 1.165) is 38.0 Å². The summed E-state index contributed by atoms with van der Waals surface area (Å²) in [4.78, 5) is 0. The number of para-hydroxylation sites is 1. The molecule has 0 spiro atoms. The van der Waals surface area contributed by atoms with E-state index < -0.39 is 0 Å². The minimum Gasteiger partial charge on any atom is -0.492 e. The van der Waals surface area contributed by atoms with Crippen molar-refractivity contribution in [2.45, 2.75) is 32.6 Å². The Hall–Kier alpha value is -1.47. The first-order valence-electron chi connectivity index (χ1n) is 7.25. The van der Waals surface area contributed by atoms with E-state index in [-0.39, 0.29) is 0 Å². The highest BCUT2D eigenvalue weighted by atomic mass is 35.5. The van der Waals surface area contributed by atoms with Crippen LogP contribution in [0, 0.1) is 0 Å². The van der Waals surface area contributed by atoms with Crippen LogP contribution in [0.1, 0.15) is 30.9 Å². The van der Waals surface area contributed by atoms with Crippen molar-refractivity contribution < 1.29 is 4.74 Å². The number of ether oxygens (including phenoxy) is 1. The molecule has 0 aliphatic carbocycles. The zero-order valence-corrected chi connectivity index (χ0v) is 12.7. The summed E-state index contributed by atoms with van der Waals surface area (Å²) in [6.07, 6.45) is 4.41. The second-order valence-corrected chi connectivity index (χ2v) is 5.27. The molecule has 2 aromatic rings. The molecule has 1 nitrogen and oxygen atoms in total. The van der Waals surface area contributed by atoms with Crippen molar-refractivity contribution in [3.8, 4) is 5.75 Å². The van der Waals surface area contributed by atoms with E-state index in [0.29, 0.717) is 5.02 Å². The van der Waals surface area contributed by atoms with Gasteiger partial charge in [0, 0.05) is 0 Å². The van der Waals surface area contributed by atoms with E-state index in [1.807, 2.05) is 24.3 Å². The lowest BCUT2D eigenvalue weighted by Gasteiger charge is -2.09. The first-order chi connectivity index (χ1) is 9.81. The van der Waals surface area contributed by atoms with E-state index >= 15 is 0 Å². The largest absolute Gasteiger partial charge is 0.492 e. The molecule has 0 fully saturated rings. The summed E-state index contributed by atoms with van der Waals surface area (Å²) in [5.41, 5.74) is 2.92. The van der Waals surface area contributed by atoms with E-state index in [1.165, 1.54) is 11.1 Å². The normalized spacial score (nSPS) is 10.5. The maximum Gasteiger partial charge on any atom is 0.137 e. The van der Waals surface area contributed by atoms with Crippen molar-refractivity contribution in [3.63, 3.8) is 0 Å². The molecule has 0 saturated carbocycles. The minimum atomic E-state index is 0.684. The molecule has 0 atom stereocenters. The molecule has 0 N–H and O–H groups in total. The van der Waals surface area contributed by atoms with Gasteiger partial charge in [0.2, 0.25) is 0 Å². The Kier molecular flexibility index (Phi) is 5.94. The van der Waals surface area contributed by atoms with Gasteiger partial charge in [-0.3, -0.25) is 0 Å². The molecule has 0 aromatic heterocycles. The first-order valence-corrected chi connectivity index (χ1v) is 7.63. The van der Waals surface area contributed by atoms with Gasteiger partial charge in [0.1, 0.15) is 5.75 Å². The van der Waals surface area contributed by atoms with Gasteiger partial charge in [-0.1, -0.05) is 54.9 Å². The van der Waals surface area contributed by atoms with Crippen LogP contribution in [0.15, 0.2) is 48.5 Å². The molecule has 0 bridgehead atoms. The highest BCUT2D eigenvalue weighted by Gasteiger charge is 2.01. The van der Waals surface area contributed by atoms with Crippen molar-refractivity contribution in [1.29, 1.82) is 0 Å². The summed E-state index contributed by atoms with van der Waals surface area (Å²) in [6.45, 7) is 2.93. The van der Waals surface area contributed by atoms with Crippen LogP contribution in [-0.2, 0) is 12.8 Å². The summed E-state index contributed by atoms with van der Waals surface area (Å²) >= 11 is 6.05. The lowest BCUT2D eigenvalue weighted by Crippen LogP contribution is -2.00. The smallest absolute Gasteiger partial charge is 0.137 e. The molecular weight excluding hydrogens is 268 g/mol. The molecule has 0 amide bonds. The zero-order chi connectivity index (χ0) is 14.2. The Balaban J connectivity index is 1.73. The second-order valence-electron chi connectivity index (χ2n) is 4.86. The predicted molar refractivity (Wildman–Crippen MR) is 85.7 cm³/mol. The number of aryl methyl sites for hydroxylation is 2. The average molecular weight is 289 g/mol. The Bertz CT molecular complexity index is 536. The van der Waals surface area contributed by atoms with Crippen LogP contribution in [0.3, 0.4) is 0 Å². The summed E-state index contributed by atoms with van der Waals surface area (Å²) in [5, 5.41) is 0.684. The van der Waals surface area contributed by atoms with Gasteiger partial charge in [0.25, 0.3) is 0 Å². The SMILES string of the molecule is CCc1ccccc1CCCCOc1ccccc1Cl. The van der Waals surface area contributed by atoms with Gasteiger partial charge in [-0.05, 0) is 48.9 Å². The summed E-state index contributed by atoms with van der Waals surface area (Å²) in [5.74, 6) is 0.781. The Morgan fingerprint density at radius 3 is 2.35 bits per heavy atom. The fraction of sp³-hybridized carbons (Fsp3) is 0.333. The van der Waals surface area contributed by atoms with Crippen LogP contribution in [0.5, 0.6) is 5.75 Å². The molecule has 0 unspecified atom stereocenters.